The summed E-state index contributed by atoms with van der Waals surface area (Å²) < 4.78 is 18.1. The molecule has 0 aromatic heterocycles. The number of nitrogens with zero attached hydrogens (tertiary/aromatic N) is 1. The highest BCUT2D eigenvalue weighted by atomic mass is 19.1. The van der Waals surface area contributed by atoms with E-state index in [1.54, 1.807) is 6.07 Å². The first kappa shape index (κ1) is 14.0. The second-order valence-corrected chi connectivity index (χ2v) is 5.01. The lowest BCUT2D eigenvalue weighted by Gasteiger charge is -2.21. The van der Waals surface area contributed by atoms with Crippen LogP contribution in [0.15, 0.2) is 18.2 Å². The van der Waals surface area contributed by atoms with E-state index in [2.05, 4.69) is 4.90 Å². The minimum absolute atomic E-state index is 0.186. The summed E-state index contributed by atoms with van der Waals surface area (Å²) in [6, 6.07) is 5.27. The van der Waals surface area contributed by atoms with Gasteiger partial charge in [0.25, 0.3) is 0 Å². The molecule has 0 atom stereocenters. The molecule has 0 bridgehead atoms. The van der Waals surface area contributed by atoms with Crippen molar-refractivity contribution in [2.45, 2.75) is 39.3 Å². The van der Waals surface area contributed by atoms with Gasteiger partial charge in [0.1, 0.15) is 5.82 Å². The average Bonchev–Trinajstić information content (AvgIpc) is 3.16. The molecule has 0 heterocycles. The number of hydrogen-bond acceptors (Lipinski definition) is 3. The van der Waals surface area contributed by atoms with E-state index in [-0.39, 0.29) is 11.8 Å². The van der Waals surface area contributed by atoms with E-state index in [4.69, 9.17) is 4.74 Å². The highest BCUT2D eigenvalue weighted by Gasteiger charge is 2.30. The summed E-state index contributed by atoms with van der Waals surface area (Å²) in [5.74, 6) is -0.404. The number of halogens is 1. The summed E-state index contributed by atoms with van der Waals surface area (Å²) in [6.45, 7) is 5.11. The highest BCUT2D eigenvalue weighted by molar-refractivity contribution is 5.71. The summed E-state index contributed by atoms with van der Waals surface area (Å²) >= 11 is 0. The van der Waals surface area contributed by atoms with Crippen molar-refractivity contribution >= 4 is 5.97 Å². The Labute approximate surface area is 113 Å². The molecule has 0 aliphatic heterocycles. The van der Waals surface area contributed by atoms with Crippen LogP contribution < -0.4 is 0 Å². The van der Waals surface area contributed by atoms with Gasteiger partial charge in [-0.1, -0.05) is 6.07 Å². The zero-order valence-corrected chi connectivity index (χ0v) is 11.5. The summed E-state index contributed by atoms with van der Waals surface area (Å²) in [4.78, 5) is 13.7. The predicted molar refractivity (Wildman–Crippen MR) is 71.2 cm³/mol. The predicted octanol–water partition coefficient (Wildman–Crippen LogP) is 2.66. The maximum Gasteiger partial charge on any atom is 0.320 e. The molecule has 0 amide bonds. The third kappa shape index (κ3) is 4.03. The molecular formula is C15H20FNO2. The van der Waals surface area contributed by atoms with Gasteiger partial charge >= 0.3 is 5.97 Å². The van der Waals surface area contributed by atoms with Gasteiger partial charge in [-0.15, -0.1) is 0 Å². The number of benzene rings is 1. The maximum absolute atomic E-state index is 13.1. The summed E-state index contributed by atoms with van der Waals surface area (Å²) in [5, 5.41) is 0. The van der Waals surface area contributed by atoms with Crippen molar-refractivity contribution in [1.29, 1.82) is 0 Å². The maximum atomic E-state index is 13.1. The molecule has 1 aromatic rings. The summed E-state index contributed by atoms with van der Waals surface area (Å²) in [7, 11) is 0. The van der Waals surface area contributed by atoms with Gasteiger partial charge in [-0.25, -0.2) is 4.39 Å². The fraction of sp³-hybridized carbons (Fsp3) is 0.533. The van der Waals surface area contributed by atoms with Crippen molar-refractivity contribution in [2.24, 2.45) is 0 Å². The zero-order chi connectivity index (χ0) is 13.8. The first-order valence-electron chi connectivity index (χ1n) is 6.75. The number of hydrogen-bond donors (Lipinski definition) is 0. The molecule has 0 unspecified atom stereocenters. The standard InChI is InChI=1S/C15H20FNO2/c1-3-19-15(18)10-17(14-6-7-14)9-12-4-5-13(16)8-11(12)2/h4-5,8,14H,3,6-7,9-10H2,1-2H3. The molecule has 1 fully saturated rings. The van der Waals surface area contributed by atoms with Crippen molar-refractivity contribution < 1.29 is 13.9 Å². The van der Waals surface area contributed by atoms with Crippen LogP contribution >= 0.6 is 0 Å². The Balaban J connectivity index is 2.02. The van der Waals surface area contributed by atoms with Gasteiger partial charge in [-0.05, 0) is 49.9 Å². The van der Waals surface area contributed by atoms with Crippen molar-refractivity contribution in [3.63, 3.8) is 0 Å². The van der Waals surface area contributed by atoms with E-state index >= 15 is 0 Å². The molecule has 1 aliphatic rings. The van der Waals surface area contributed by atoms with Crippen molar-refractivity contribution in [3.05, 3.63) is 35.1 Å². The second-order valence-electron chi connectivity index (χ2n) is 5.01. The molecule has 0 N–H and O–H groups in total. The number of rotatable bonds is 6. The summed E-state index contributed by atoms with van der Waals surface area (Å²) in [5.41, 5.74) is 1.99. The average molecular weight is 265 g/mol. The van der Waals surface area contributed by atoms with Crippen LogP contribution in [0.4, 0.5) is 4.39 Å². The van der Waals surface area contributed by atoms with E-state index < -0.39 is 0 Å². The molecule has 0 saturated heterocycles. The molecule has 3 nitrogen and oxygen atoms in total. The first-order valence-corrected chi connectivity index (χ1v) is 6.75. The molecule has 4 heteroatoms. The van der Waals surface area contributed by atoms with Crippen LogP contribution in [0.5, 0.6) is 0 Å². The Hall–Kier alpha value is -1.42. The number of aryl methyl sites for hydroxylation is 1. The zero-order valence-electron chi connectivity index (χ0n) is 11.5. The minimum Gasteiger partial charge on any atom is -0.465 e. The van der Waals surface area contributed by atoms with Crippen LogP contribution in [0.1, 0.15) is 30.9 Å². The largest absolute Gasteiger partial charge is 0.465 e. The smallest absolute Gasteiger partial charge is 0.320 e. The quantitative estimate of drug-likeness (QED) is 0.741. The Morgan fingerprint density at radius 2 is 2.21 bits per heavy atom. The number of esters is 1. The lowest BCUT2D eigenvalue weighted by Crippen LogP contribution is -2.32. The van der Waals surface area contributed by atoms with Crippen molar-refractivity contribution in [2.75, 3.05) is 13.2 Å². The van der Waals surface area contributed by atoms with E-state index in [0.717, 1.165) is 24.0 Å². The Morgan fingerprint density at radius 3 is 2.79 bits per heavy atom. The molecule has 19 heavy (non-hydrogen) atoms. The Morgan fingerprint density at radius 1 is 1.47 bits per heavy atom. The highest BCUT2D eigenvalue weighted by Crippen LogP contribution is 2.28. The van der Waals surface area contributed by atoms with E-state index in [9.17, 15) is 9.18 Å². The molecule has 0 spiro atoms. The van der Waals surface area contributed by atoms with E-state index in [1.807, 2.05) is 13.8 Å². The van der Waals surface area contributed by atoms with E-state index in [1.165, 1.54) is 12.1 Å². The molecule has 2 rings (SSSR count). The van der Waals surface area contributed by atoms with Crippen LogP contribution in [0, 0.1) is 12.7 Å². The molecular weight excluding hydrogens is 245 g/mol. The molecule has 1 saturated carbocycles. The lowest BCUT2D eigenvalue weighted by atomic mass is 10.1. The Bertz CT molecular complexity index is 457. The summed E-state index contributed by atoms with van der Waals surface area (Å²) in [6.07, 6.45) is 2.25. The van der Waals surface area contributed by atoms with Gasteiger partial charge in [0.15, 0.2) is 0 Å². The Kier molecular flexibility index (Phi) is 4.53. The van der Waals surface area contributed by atoms with Gasteiger partial charge < -0.3 is 4.74 Å². The lowest BCUT2D eigenvalue weighted by molar-refractivity contribution is -0.144. The monoisotopic (exact) mass is 265 g/mol. The number of carbonyl (C=O) groups excluding carboxylic acids is 1. The van der Waals surface area contributed by atoms with Gasteiger partial charge in [-0.2, -0.15) is 0 Å². The van der Waals surface area contributed by atoms with Crippen molar-refractivity contribution in [1.82, 2.24) is 4.90 Å². The van der Waals surface area contributed by atoms with E-state index in [0.29, 0.717) is 25.7 Å². The fourth-order valence-corrected chi connectivity index (χ4v) is 2.18. The first-order chi connectivity index (χ1) is 9.10. The molecule has 1 aromatic carbocycles. The van der Waals surface area contributed by atoms with Gasteiger partial charge in [0, 0.05) is 12.6 Å². The third-order valence-electron chi connectivity index (χ3n) is 3.38. The second kappa shape index (κ2) is 6.15. The minimum atomic E-state index is -0.218. The molecule has 104 valence electrons. The fourth-order valence-electron chi connectivity index (χ4n) is 2.18. The van der Waals surface area contributed by atoms with Crippen LogP contribution in [-0.2, 0) is 16.1 Å². The van der Waals surface area contributed by atoms with Crippen molar-refractivity contribution in [3.8, 4) is 0 Å². The van der Waals surface area contributed by atoms with Crippen LogP contribution in [0.25, 0.3) is 0 Å². The van der Waals surface area contributed by atoms with Crippen LogP contribution in [0.2, 0.25) is 0 Å². The molecule has 1 aliphatic carbocycles. The normalized spacial score (nSPS) is 14.7. The van der Waals surface area contributed by atoms with Gasteiger partial charge in [0.05, 0.1) is 13.2 Å². The SMILES string of the molecule is CCOC(=O)CN(Cc1ccc(F)cc1C)C1CC1. The van der Waals surface area contributed by atoms with Gasteiger partial charge in [-0.3, -0.25) is 9.69 Å². The van der Waals surface area contributed by atoms with Crippen LogP contribution in [-0.4, -0.2) is 30.1 Å². The number of ether oxygens (including phenoxy) is 1. The third-order valence-corrected chi connectivity index (χ3v) is 3.38. The van der Waals surface area contributed by atoms with Gasteiger partial charge in [0.2, 0.25) is 0 Å². The topological polar surface area (TPSA) is 29.5 Å². The number of carbonyl (C=O) groups is 1. The van der Waals surface area contributed by atoms with Crippen LogP contribution in [0.3, 0.4) is 0 Å². The molecule has 0 radical (unpaired) electrons.